The van der Waals surface area contributed by atoms with Gasteiger partial charge in [0.25, 0.3) is 0 Å². The van der Waals surface area contributed by atoms with Crippen LogP contribution < -0.4 is 45.2 Å². The van der Waals surface area contributed by atoms with Gasteiger partial charge in [-0.3, -0.25) is 10.1 Å². The fourth-order valence-corrected chi connectivity index (χ4v) is 9.33. The first-order valence-electron chi connectivity index (χ1n) is 11.8. The van der Waals surface area contributed by atoms with E-state index >= 15 is 0 Å². The zero-order valence-electron chi connectivity index (χ0n) is 21.1. The van der Waals surface area contributed by atoms with Gasteiger partial charge in [-0.2, -0.15) is 0 Å². The number of carbonyl (C=O) groups excluding carboxylic acids is 1. The number of nitrogens with one attached hydrogen (secondary N) is 1. The minimum atomic E-state index is -2.45. The number of rotatable bonds is 7. The molecular formula is C31H30ClINOPS. The van der Waals surface area contributed by atoms with Crippen molar-refractivity contribution in [2.24, 2.45) is 5.41 Å². The quantitative estimate of drug-likeness (QED) is 0.182. The predicted octanol–water partition coefficient (Wildman–Crippen LogP) is 4.39. The van der Waals surface area contributed by atoms with Gasteiger partial charge in [0.15, 0.2) is 12.7 Å². The summed E-state index contributed by atoms with van der Waals surface area (Å²) in [7, 11) is -2.45. The van der Waals surface area contributed by atoms with Gasteiger partial charge >= 0.3 is 0 Å². The van der Waals surface area contributed by atoms with Crippen molar-refractivity contribution >= 4 is 52.4 Å². The third-order valence-corrected chi connectivity index (χ3v) is 11.3. The Morgan fingerprint density at radius 1 is 0.730 bits per heavy atom. The van der Waals surface area contributed by atoms with Gasteiger partial charge in [0.05, 0.1) is 0 Å². The maximum Gasteiger partial charge on any atom is 0.232 e. The summed E-state index contributed by atoms with van der Waals surface area (Å²) in [6.07, 6.45) is 0. The Morgan fingerprint density at radius 2 is 1.14 bits per heavy atom. The van der Waals surface area contributed by atoms with Crippen LogP contribution >= 0.6 is 30.6 Å². The number of carbonyl (C=O) groups is 1. The van der Waals surface area contributed by atoms with E-state index in [1.165, 1.54) is 15.9 Å². The molecule has 190 valence electrons. The first-order valence-corrected chi connectivity index (χ1v) is 14.9. The molecule has 2 nitrogen and oxygen atoms in total. The van der Waals surface area contributed by atoms with E-state index in [9.17, 15) is 4.79 Å². The highest BCUT2D eigenvalue weighted by atomic mass is 127. The largest absolute Gasteiger partial charge is 1.00 e. The predicted molar refractivity (Wildman–Crippen MR) is 158 cm³/mol. The van der Waals surface area contributed by atoms with Gasteiger partial charge in [-0.25, -0.2) is 0 Å². The Morgan fingerprint density at radius 3 is 1.51 bits per heavy atom. The van der Waals surface area contributed by atoms with Gasteiger partial charge in [-0.15, -0.1) is 0 Å². The summed E-state index contributed by atoms with van der Waals surface area (Å²) in [6, 6.07) is 39.4. The van der Waals surface area contributed by atoms with Crippen LogP contribution in [0.25, 0.3) is 0 Å². The van der Waals surface area contributed by atoms with Crippen LogP contribution in [0.2, 0.25) is 5.02 Å². The molecule has 0 bridgehead atoms. The van der Waals surface area contributed by atoms with Crippen molar-refractivity contribution < 1.29 is 28.8 Å². The van der Waals surface area contributed by atoms with E-state index in [4.69, 9.17) is 11.6 Å². The number of thioether (sulfide) groups is 1. The van der Waals surface area contributed by atoms with Crippen LogP contribution in [0.1, 0.15) is 20.8 Å². The Bertz CT molecular complexity index is 1230. The van der Waals surface area contributed by atoms with Gasteiger partial charge < -0.3 is 24.0 Å². The highest BCUT2D eigenvalue weighted by molar-refractivity contribution is 8.04. The van der Waals surface area contributed by atoms with Crippen molar-refractivity contribution in [2.75, 3.05) is 0 Å². The maximum absolute atomic E-state index is 13.5. The van der Waals surface area contributed by atoms with E-state index in [2.05, 4.69) is 83.5 Å². The molecule has 6 heteroatoms. The van der Waals surface area contributed by atoms with E-state index in [1.54, 1.807) is 11.8 Å². The van der Waals surface area contributed by atoms with Gasteiger partial charge in [0.2, 0.25) is 5.91 Å². The van der Waals surface area contributed by atoms with Crippen LogP contribution in [-0.4, -0.2) is 5.91 Å². The van der Waals surface area contributed by atoms with E-state index < -0.39 is 12.7 Å². The van der Waals surface area contributed by atoms with Crippen LogP contribution in [0.4, 0.5) is 0 Å². The van der Waals surface area contributed by atoms with Gasteiger partial charge in [-0.1, -0.05) is 98.7 Å². The fourth-order valence-electron chi connectivity index (χ4n) is 3.95. The van der Waals surface area contributed by atoms with Gasteiger partial charge in [0, 0.05) is 20.7 Å². The molecule has 1 N–H and O–H groups in total. The molecule has 37 heavy (non-hydrogen) atoms. The zero-order valence-corrected chi connectivity index (χ0v) is 25.7. The number of halogens is 2. The van der Waals surface area contributed by atoms with Crippen LogP contribution in [0.3, 0.4) is 0 Å². The van der Waals surface area contributed by atoms with Crippen molar-refractivity contribution in [2.45, 2.75) is 25.7 Å². The molecule has 4 aromatic carbocycles. The summed E-state index contributed by atoms with van der Waals surface area (Å²) in [6.45, 7) is 5.83. The molecule has 0 saturated carbocycles. The molecule has 4 rings (SSSR count). The summed E-state index contributed by atoms with van der Waals surface area (Å²) >= 11 is 7.72. The first-order chi connectivity index (χ1) is 17.3. The molecule has 0 fully saturated rings. The Hall–Kier alpha value is -2.11. The van der Waals surface area contributed by atoms with Gasteiger partial charge in [-0.05, 0) is 60.7 Å². The zero-order chi connectivity index (χ0) is 25.6. The van der Waals surface area contributed by atoms with Crippen molar-refractivity contribution in [3.8, 4) is 0 Å². The molecule has 0 saturated heterocycles. The number of amides is 1. The second kappa shape index (κ2) is 13.1. The molecule has 0 atom stereocenters. The van der Waals surface area contributed by atoms with Crippen molar-refractivity contribution in [3.63, 3.8) is 0 Å². The minimum absolute atomic E-state index is 0. The third kappa shape index (κ3) is 6.86. The highest BCUT2D eigenvalue weighted by Gasteiger charge is 2.51. The molecule has 0 radical (unpaired) electrons. The lowest BCUT2D eigenvalue weighted by atomic mass is 9.96. The topological polar surface area (TPSA) is 29.1 Å². The lowest BCUT2D eigenvalue weighted by Gasteiger charge is -2.31. The van der Waals surface area contributed by atoms with Crippen LogP contribution in [0.15, 0.2) is 131 Å². The van der Waals surface area contributed by atoms with Crippen molar-refractivity contribution in [1.82, 2.24) is 5.32 Å². The number of hydrogen-bond donors (Lipinski definition) is 1. The number of benzene rings is 4. The van der Waals surface area contributed by atoms with E-state index in [0.29, 0.717) is 5.02 Å². The van der Waals surface area contributed by atoms with Crippen LogP contribution in [0.5, 0.6) is 0 Å². The minimum Gasteiger partial charge on any atom is -1.00 e. The van der Waals surface area contributed by atoms with Gasteiger partial charge in [0.1, 0.15) is 15.9 Å². The Balaban J connectivity index is 0.00000380. The molecule has 0 aliphatic carbocycles. The highest BCUT2D eigenvalue weighted by Crippen LogP contribution is 2.62. The molecule has 0 spiro atoms. The smallest absolute Gasteiger partial charge is 0.232 e. The monoisotopic (exact) mass is 657 g/mol. The molecular weight excluding hydrogens is 628 g/mol. The number of hydrogen-bond acceptors (Lipinski definition) is 2. The summed E-state index contributed by atoms with van der Waals surface area (Å²) in [5, 5.41) is 9.76. The Labute approximate surface area is 247 Å². The second-order valence-corrected chi connectivity index (χ2v) is 14.2. The summed E-state index contributed by atoms with van der Waals surface area (Å²) in [5.41, 5.74) is 0.356. The lowest BCUT2D eigenvalue weighted by molar-refractivity contribution is -0.127. The molecule has 1 amide bonds. The molecule has 0 unspecified atom stereocenters. The second-order valence-electron chi connectivity index (χ2n) is 9.46. The molecule has 0 aliphatic rings. The average molecular weight is 658 g/mol. The summed E-state index contributed by atoms with van der Waals surface area (Å²) in [4.78, 5) is 14.6. The standard InChI is InChI=1S/C31H29ClNOPS.HI/c1-31(2,3)30(34)33-29(23-36-28-21-19-24(32)20-22-28)35(25-13-7-4-8-14-25,26-15-9-5-10-16-26)27-17-11-6-12-18-27;/h4-23H,1-3H3;1H/b29-23-;. The molecule has 0 heterocycles. The lowest BCUT2D eigenvalue weighted by Crippen LogP contribution is -3.00. The van der Waals surface area contributed by atoms with Crippen LogP contribution in [0, 0.1) is 5.41 Å². The first kappa shape index (κ1) is 29.4. The summed E-state index contributed by atoms with van der Waals surface area (Å²) < 4.78 is 0. The molecule has 0 aromatic heterocycles. The SMILES string of the molecule is CC(C)(C)C(=O)N/C(=C/Sc1ccc(Cl)cc1)[P+](c1ccccc1)(c1ccccc1)c1ccccc1.[I-]. The molecule has 4 aromatic rings. The van der Waals surface area contributed by atoms with Crippen molar-refractivity contribution in [1.29, 1.82) is 0 Å². The maximum atomic E-state index is 13.5. The van der Waals surface area contributed by atoms with E-state index in [-0.39, 0.29) is 29.9 Å². The van der Waals surface area contributed by atoms with Crippen molar-refractivity contribution in [3.05, 3.63) is 131 Å². The summed E-state index contributed by atoms with van der Waals surface area (Å²) in [5.74, 6) is -0.0161. The van der Waals surface area contributed by atoms with Crippen LogP contribution in [-0.2, 0) is 4.79 Å². The Kier molecular flexibility index (Phi) is 10.4. The normalized spacial score (nSPS) is 11.9. The third-order valence-electron chi connectivity index (χ3n) is 5.83. The average Bonchev–Trinajstić information content (AvgIpc) is 2.90. The molecule has 0 aliphatic heterocycles. The van der Waals surface area contributed by atoms with E-state index in [0.717, 1.165) is 10.3 Å². The van der Waals surface area contributed by atoms with E-state index in [1.807, 2.05) is 63.2 Å². The fraction of sp³-hybridized carbons (Fsp3) is 0.129.